The zero-order valence-corrected chi connectivity index (χ0v) is 26.2. The van der Waals surface area contributed by atoms with E-state index in [1.54, 1.807) is 4.80 Å². The van der Waals surface area contributed by atoms with Gasteiger partial charge in [-0.1, -0.05) is 121 Å². The Hall–Kier alpha value is -6.79. The second-order valence-electron chi connectivity index (χ2n) is 12.3. The minimum atomic E-state index is 0.611. The molecule has 0 unspecified atom stereocenters. The molecule has 0 saturated carbocycles. The van der Waals surface area contributed by atoms with Gasteiger partial charge >= 0.3 is 0 Å². The molecule has 0 saturated heterocycles. The maximum Gasteiger partial charge on any atom is 0.164 e. The second-order valence-corrected chi connectivity index (χ2v) is 12.3. The van der Waals surface area contributed by atoms with Crippen molar-refractivity contribution in [1.82, 2.24) is 29.9 Å². The summed E-state index contributed by atoms with van der Waals surface area (Å²) < 4.78 is 0. The van der Waals surface area contributed by atoms with Crippen molar-refractivity contribution in [2.24, 2.45) is 0 Å². The molecule has 0 bridgehead atoms. The Labute approximate surface area is 281 Å². The van der Waals surface area contributed by atoms with Crippen molar-refractivity contribution < 1.29 is 0 Å². The molecule has 0 spiro atoms. The standard InChI is InChI=1S/C43H26N6/c1-2-12-36(13-3-1)49-47-38-23-22-30-18-16-29-17-21-35(26-37(29)39(30)40(38)48-49)43-45-41(33-19-14-27-8-4-6-10-31(27)24-33)44-42(46-43)34-20-15-28-9-5-7-11-32(28)25-34/h1-26H. The fourth-order valence-corrected chi connectivity index (χ4v) is 6.75. The van der Waals surface area contributed by atoms with Crippen LogP contribution in [0.25, 0.3) is 94.0 Å². The Morgan fingerprint density at radius 3 is 1.49 bits per heavy atom. The first-order valence-corrected chi connectivity index (χ1v) is 16.3. The lowest BCUT2D eigenvalue weighted by molar-refractivity contribution is 0.766. The molecule has 0 radical (unpaired) electrons. The summed E-state index contributed by atoms with van der Waals surface area (Å²) in [6.45, 7) is 0. The van der Waals surface area contributed by atoms with Crippen LogP contribution in [0.2, 0.25) is 0 Å². The van der Waals surface area contributed by atoms with Crippen molar-refractivity contribution in [3.63, 3.8) is 0 Å². The molecule has 2 heterocycles. The van der Waals surface area contributed by atoms with Gasteiger partial charge in [-0.15, -0.1) is 10.2 Å². The van der Waals surface area contributed by atoms with Gasteiger partial charge in [0.05, 0.1) is 5.69 Å². The van der Waals surface area contributed by atoms with Crippen LogP contribution < -0.4 is 0 Å². The fourth-order valence-electron chi connectivity index (χ4n) is 6.75. The molecule has 6 heteroatoms. The molecule has 10 aromatic rings. The Morgan fingerprint density at radius 2 is 0.857 bits per heavy atom. The maximum absolute atomic E-state index is 5.11. The van der Waals surface area contributed by atoms with E-state index in [4.69, 9.17) is 25.1 Å². The largest absolute Gasteiger partial charge is 0.208 e. The van der Waals surface area contributed by atoms with E-state index < -0.39 is 0 Å². The van der Waals surface area contributed by atoms with E-state index >= 15 is 0 Å². The van der Waals surface area contributed by atoms with Crippen LogP contribution in [-0.2, 0) is 0 Å². The van der Waals surface area contributed by atoms with Gasteiger partial charge in [-0.2, -0.15) is 4.80 Å². The number of fused-ring (bicyclic) bond motifs is 7. The molecule has 0 aliphatic rings. The Balaban J connectivity index is 1.19. The maximum atomic E-state index is 5.11. The monoisotopic (exact) mass is 626 g/mol. The minimum Gasteiger partial charge on any atom is -0.208 e. The highest BCUT2D eigenvalue weighted by Crippen LogP contribution is 2.35. The van der Waals surface area contributed by atoms with Crippen LogP contribution in [0, 0.1) is 0 Å². The highest BCUT2D eigenvalue weighted by molar-refractivity contribution is 6.18. The third-order valence-electron chi connectivity index (χ3n) is 9.25. The van der Waals surface area contributed by atoms with E-state index in [-0.39, 0.29) is 0 Å². The number of hydrogen-bond acceptors (Lipinski definition) is 5. The SMILES string of the molecule is c1ccc(-n2nc3ccc4ccc5ccc(-c6nc(-c7ccc8ccccc8c7)nc(-c7ccc8ccccc8c7)n6)cc5c4c3n2)cc1. The minimum absolute atomic E-state index is 0.611. The van der Waals surface area contributed by atoms with Gasteiger partial charge in [-0.3, -0.25) is 0 Å². The summed E-state index contributed by atoms with van der Waals surface area (Å²) >= 11 is 0. The highest BCUT2D eigenvalue weighted by Gasteiger charge is 2.16. The Morgan fingerprint density at radius 1 is 0.367 bits per heavy atom. The van der Waals surface area contributed by atoms with Gasteiger partial charge in [0.15, 0.2) is 17.5 Å². The Kier molecular flexibility index (Phi) is 6.08. The summed E-state index contributed by atoms with van der Waals surface area (Å²) in [5.74, 6) is 1.87. The smallest absolute Gasteiger partial charge is 0.164 e. The molecule has 10 rings (SSSR count). The lowest BCUT2D eigenvalue weighted by atomic mass is 9.98. The molecule has 0 atom stereocenters. The number of aromatic nitrogens is 6. The average Bonchev–Trinajstić information content (AvgIpc) is 3.62. The van der Waals surface area contributed by atoms with Gasteiger partial charge in [0.1, 0.15) is 11.0 Å². The number of hydrogen-bond donors (Lipinski definition) is 0. The summed E-state index contributed by atoms with van der Waals surface area (Å²) in [7, 11) is 0. The molecule has 0 N–H and O–H groups in total. The third-order valence-corrected chi connectivity index (χ3v) is 9.25. The van der Waals surface area contributed by atoms with Gasteiger partial charge in [0, 0.05) is 22.1 Å². The van der Waals surface area contributed by atoms with E-state index in [1.165, 1.54) is 10.8 Å². The average molecular weight is 627 g/mol. The normalized spacial score (nSPS) is 11.7. The van der Waals surface area contributed by atoms with Crippen LogP contribution in [0.3, 0.4) is 0 Å². The lowest BCUT2D eigenvalue weighted by Gasteiger charge is -2.11. The molecular formula is C43H26N6. The van der Waals surface area contributed by atoms with E-state index in [2.05, 4.69) is 121 Å². The lowest BCUT2D eigenvalue weighted by Crippen LogP contribution is -2.00. The quantitative estimate of drug-likeness (QED) is 0.182. The van der Waals surface area contributed by atoms with Gasteiger partial charge in [-0.05, 0) is 74.1 Å². The number of nitrogens with zero attached hydrogens (tertiary/aromatic N) is 6. The molecule has 0 aliphatic carbocycles. The van der Waals surface area contributed by atoms with Crippen LogP contribution in [0.5, 0.6) is 0 Å². The van der Waals surface area contributed by atoms with Crippen molar-refractivity contribution in [1.29, 1.82) is 0 Å². The first kappa shape index (κ1) is 27.3. The first-order chi connectivity index (χ1) is 24.2. The molecule has 0 aliphatic heterocycles. The van der Waals surface area contributed by atoms with E-state index in [9.17, 15) is 0 Å². The molecule has 8 aromatic carbocycles. The molecule has 0 fully saturated rings. The second kappa shape index (κ2) is 10.9. The van der Waals surface area contributed by atoms with E-state index in [0.717, 1.165) is 65.7 Å². The summed E-state index contributed by atoms with van der Waals surface area (Å²) in [6.07, 6.45) is 0. The van der Waals surface area contributed by atoms with Crippen molar-refractivity contribution in [2.45, 2.75) is 0 Å². The van der Waals surface area contributed by atoms with Crippen molar-refractivity contribution >= 4 is 54.1 Å². The molecule has 0 amide bonds. The highest BCUT2D eigenvalue weighted by atomic mass is 15.5. The molecule has 6 nitrogen and oxygen atoms in total. The summed E-state index contributed by atoms with van der Waals surface area (Å²) in [6, 6.07) is 54.3. The number of rotatable bonds is 4. The predicted octanol–water partition coefficient (Wildman–Crippen LogP) is 10.2. The summed E-state index contributed by atoms with van der Waals surface area (Å²) in [4.78, 5) is 17.0. The first-order valence-electron chi connectivity index (χ1n) is 16.3. The summed E-state index contributed by atoms with van der Waals surface area (Å²) in [5, 5.41) is 18.8. The molecule has 228 valence electrons. The van der Waals surface area contributed by atoms with Crippen molar-refractivity contribution in [3.8, 4) is 39.9 Å². The van der Waals surface area contributed by atoms with Gasteiger partial charge in [0.2, 0.25) is 0 Å². The van der Waals surface area contributed by atoms with Crippen LogP contribution >= 0.6 is 0 Å². The molecule has 2 aromatic heterocycles. The summed E-state index contributed by atoms with van der Waals surface area (Å²) in [5.41, 5.74) is 5.39. The predicted molar refractivity (Wildman–Crippen MR) is 199 cm³/mol. The van der Waals surface area contributed by atoms with Crippen LogP contribution in [0.15, 0.2) is 158 Å². The number of para-hydroxylation sites is 1. The van der Waals surface area contributed by atoms with E-state index in [0.29, 0.717) is 17.5 Å². The van der Waals surface area contributed by atoms with Gasteiger partial charge in [0.25, 0.3) is 0 Å². The fraction of sp³-hybridized carbons (Fsp3) is 0. The van der Waals surface area contributed by atoms with Crippen molar-refractivity contribution in [3.05, 3.63) is 158 Å². The van der Waals surface area contributed by atoms with Crippen molar-refractivity contribution in [2.75, 3.05) is 0 Å². The topological polar surface area (TPSA) is 69.4 Å². The van der Waals surface area contributed by atoms with Gasteiger partial charge in [-0.25, -0.2) is 15.0 Å². The van der Waals surface area contributed by atoms with Crippen LogP contribution in [0.1, 0.15) is 0 Å². The van der Waals surface area contributed by atoms with Crippen LogP contribution in [0.4, 0.5) is 0 Å². The number of benzene rings is 8. The zero-order valence-electron chi connectivity index (χ0n) is 26.2. The van der Waals surface area contributed by atoms with Gasteiger partial charge < -0.3 is 0 Å². The Bertz CT molecular complexity index is 2800. The third kappa shape index (κ3) is 4.69. The zero-order chi connectivity index (χ0) is 32.3. The van der Waals surface area contributed by atoms with E-state index in [1.807, 2.05) is 36.4 Å². The molecular weight excluding hydrogens is 601 g/mol. The van der Waals surface area contributed by atoms with Crippen LogP contribution in [-0.4, -0.2) is 29.9 Å². The molecule has 49 heavy (non-hydrogen) atoms.